The lowest BCUT2D eigenvalue weighted by Crippen LogP contribution is -2.36. The van der Waals surface area contributed by atoms with E-state index in [1.807, 2.05) is 0 Å². The Morgan fingerprint density at radius 2 is 1.63 bits per heavy atom. The van der Waals surface area contributed by atoms with Gasteiger partial charge < -0.3 is 10.2 Å². The van der Waals surface area contributed by atoms with Gasteiger partial charge in [0.2, 0.25) is 0 Å². The van der Waals surface area contributed by atoms with E-state index in [-0.39, 0.29) is 5.54 Å². The van der Waals surface area contributed by atoms with E-state index >= 15 is 0 Å². The molecule has 0 aromatic heterocycles. The molecule has 0 bridgehead atoms. The van der Waals surface area contributed by atoms with Crippen molar-refractivity contribution in [3.63, 3.8) is 0 Å². The van der Waals surface area contributed by atoms with E-state index in [2.05, 4.69) is 37.9 Å². The Morgan fingerprint density at radius 3 is 2.21 bits per heavy atom. The second-order valence-corrected chi connectivity index (χ2v) is 7.28. The largest absolute Gasteiger partial charge is 0.312 e. The van der Waals surface area contributed by atoms with Crippen molar-refractivity contribution in [3.05, 3.63) is 0 Å². The molecule has 0 aromatic carbocycles. The van der Waals surface area contributed by atoms with Crippen molar-refractivity contribution in [3.8, 4) is 0 Å². The number of unbranched alkanes of at least 4 members (excludes halogenated alkanes) is 3. The molecule has 0 unspecified atom stereocenters. The van der Waals surface area contributed by atoms with Crippen LogP contribution in [0.1, 0.15) is 72.6 Å². The Labute approximate surface area is 121 Å². The number of hydrogen-bond acceptors (Lipinski definition) is 2. The third-order valence-electron chi connectivity index (χ3n) is 4.34. The minimum absolute atomic E-state index is 0.281. The molecule has 1 N–H and O–H groups in total. The van der Waals surface area contributed by atoms with Crippen LogP contribution in [0.3, 0.4) is 0 Å². The Morgan fingerprint density at radius 1 is 1.00 bits per heavy atom. The van der Waals surface area contributed by atoms with Gasteiger partial charge in [0.15, 0.2) is 0 Å². The smallest absolute Gasteiger partial charge is 0.00965 e. The normalized spacial score (nSPS) is 18.9. The molecule has 1 saturated heterocycles. The first-order valence-electron chi connectivity index (χ1n) is 8.48. The molecular weight excluding hydrogens is 232 g/mol. The molecule has 1 aliphatic heterocycles. The summed E-state index contributed by atoms with van der Waals surface area (Å²) in [6.45, 7) is 14.3. The Hall–Kier alpha value is -0.0800. The van der Waals surface area contributed by atoms with E-state index < -0.39 is 0 Å². The topological polar surface area (TPSA) is 15.3 Å². The van der Waals surface area contributed by atoms with Crippen LogP contribution in [0.4, 0.5) is 0 Å². The third-order valence-corrected chi connectivity index (χ3v) is 4.34. The average Bonchev–Trinajstić information content (AvgIpc) is 2.37. The first kappa shape index (κ1) is 17.0. The number of hydrogen-bond donors (Lipinski definition) is 1. The van der Waals surface area contributed by atoms with Gasteiger partial charge in [-0.3, -0.25) is 0 Å². The van der Waals surface area contributed by atoms with E-state index in [0.29, 0.717) is 0 Å². The molecule has 0 radical (unpaired) electrons. The maximum atomic E-state index is 3.56. The first-order chi connectivity index (χ1) is 9.01. The number of likely N-dealkylation sites (tertiary alicyclic amines) is 1. The van der Waals surface area contributed by atoms with Crippen LogP contribution in [-0.2, 0) is 0 Å². The fourth-order valence-electron chi connectivity index (χ4n) is 2.90. The number of nitrogens with zero attached hydrogens (tertiary/aromatic N) is 1. The standard InChI is InChI=1S/C17H36N2/c1-5-16-10-14-19(15-11-16)13-9-7-6-8-12-18-17(2,3)4/h16,18H,5-15H2,1-4H3. The van der Waals surface area contributed by atoms with Gasteiger partial charge in [0.1, 0.15) is 0 Å². The summed E-state index contributed by atoms with van der Waals surface area (Å²) in [4.78, 5) is 2.68. The molecule has 1 fully saturated rings. The van der Waals surface area contributed by atoms with Gasteiger partial charge in [-0.1, -0.05) is 26.2 Å². The monoisotopic (exact) mass is 268 g/mol. The maximum absolute atomic E-state index is 3.56. The summed E-state index contributed by atoms with van der Waals surface area (Å²) in [5.74, 6) is 1.01. The van der Waals surface area contributed by atoms with Gasteiger partial charge in [-0.15, -0.1) is 0 Å². The molecule has 19 heavy (non-hydrogen) atoms. The van der Waals surface area contributed by atoms with Gasteiger partial charge in [-0.05, 0) is 78.6 Å². The Balaban J connectivity index is 1.89. The quantitative estimate of drug-likeness (QED) is 0.668. The summed E-state index contributed by atoms with van der Waals surface area (Å²) in [5, 5.41) is 3.56. The highest BCUT2D eigenvalue weighted by atomic mass is 15.1. The predicted octanol–water partition coefficient (Wildman–Crippen LogP) is 4.06. The van der Waals surface area contributed by atoms with Gasteiger partial charge in [0.25, 0.3) is 0 Å². The lowest BCUT2D eigenvalue weighted by atomic mass is 9.94. The average molecular weight is 268 g/mol. The van der Waals surface area contributed by atoms with Crippen molar-refractivity contribution in [1.82, 2.24) is 10.2 Å². The third kappa shape index (κ3) is 8.65. The highest BCUT2D eigenvalue weighted by Gasteiger charge is 2.16. The molecule has 0 saturated carbocycles. The van der Waals surface area contributed by atoms with Crippen LogP contribution in [0.15, 0.2) is 0 Å². The van der Waals surface area contributed by atoms with E-state index in [0.717, 1.165) is 5.92 Å². The second-order valence-electron chi connectivity index (χ2n) is 7.28. The minimum atomic E-state index is 0.281. The zero-order chi connectivity index (χ0) is 14.1. The van der Waals surface area contributed by atoms with Crippen LogP contribution >= 0.6 is 0 Å². The lowest BCUT2D eigenvalue weighted by Gasteiger charge is -2.31. The molecule has 0 aromatic rings. The second kappa shape index (κ2) is 8.97. The molecule has 1 rings (SSSR count). The van der Waals surface area contributed by atoms with Crippen molar-refractivity contribution >= 4 is 0 Å². The Kier molecular flexibility index (Phi) is 8.01. The highest BCUT2D eigenvalue weighted by Crippen LogP contribution is 2.20. The zero-order valence-corrected chi connectivity index (χ0v) is 13.8. The summed E-state index contributed by atoms with van der Waals surface area (Å²) in [5.41, 5.74) is 0.281. The minimum Gasteiger partial charge on any atom is -0.312 e. The van der Waals surface area contributed by atoms with Crippen LogP contribution in [0.2, 0.25) is 0 Å². The van der Waals surface area contributed by atoms with Gasteiger partial charge in [-0.25, -0.2) is 0 Å². The van der Waals surface area contributed by atoms with Crippen LogP contribution in [-0.4, -0.2) is 36.6 Å². The number of nitrogens with one attached hydrogen (secondary N) is 1. The van der Waals surface area contributed by atoms with Crippen LogP contribution in [0.25, 0.3) is 0 Å². The molecule has 2 heteroatoms. The van der Waals surface area contributed by atoms with Crippen LogP contribution in [0.5, 0.6) is 0 Å². The van der Waals surface area contributed by atoms with E-state index in [4.69, 9.17) is 0 Å². The summed E-state index contributed by atoms with van der Waals surface area (Å²) in [7, 11) is 0. The summed E-state index contributed by atoms with van der Waals surface area (Å²) < 4.78 is 0. The molecular formula is C17H36N2. The van der Waals surface area contributed by atoms with Crippen molar-refractivity contribution in [2.75, 3.05) is 26.2 Å². The van der Waals surface area contributed by atoms with Crippen molar-refractivity contribution in [2.24, 2.45) is 5.92 Å². The van der Waals surface area contributed by atoms with Gasteiger partial charge in [-0.2, -0.15) is 0 Å². The van der Waals surface area contributed by atoms with Gasteiger partial charge >= 0.3 is 0 Å². The summed E-state index contributed by atoms with van der Waals surface area (Å²) in [6.07, 6.45) is 9.77. The molecule has 114 valence electrons. The Bertz CT molecular complexity index is 212. The van der Waals surface area contributed by atoms with E-state index in [9.17, 15) is 0 Å². The summed E-state index contributed by atoms with van der Waals surface area (Å²) >= 11 is 0. The maximum Gasteiger partial charge on any atom is 0.00965 e. The zero-order valence-electron chi connectivity index (χ0n) is 13.8. The van der Waals surface area contributed by atoms with Crippen molar-refractivity contribution in [1.29, 1.82) is 0 Å². The molecule has 0 atom stereocenters. The molecule has 0 aliphatic carbocycles. The number of rotatable bonds is 8. The molecule has 1 aliphatic rings. The van der Waals surface area contributed by atoms with Gasteiger partial charge in [0.05, 0.1) is 0 Å². The van der Waals surface area contributed by atoms with Gasteiger partial charge in [0, 0.05) is 5.54 Å². The van der Waals surface area contributed by atoms with E-state index in [1.54, 1.807) is 0 Å². The molecule has 1 heterocycles. The SMILES string of the molecule is CCC1CCN(CCCCCCNC(C)(C)C)CC1. The highest BCUT2D eigenvalue weighted by molar-refractivity contribution is 4.71. The summed E-state index contributed by atoms with van der Waals surface area (Å²) in [6, 6.07) is 0. The fraction of sp³-hybridized carbons (Fsp3) is 1.00. The number of piperidine rings is 1. The van der Waals surface area contributed by atoms with Crippen molar-refractivity contribution < 1.29 is 0 Å². The molecule has 0 amide bonds. The predicted molar refractivity (Wildman–Crippen MR) is 85.7 cm³/mol. The van der Waals surface area contributed by atoms with E-state index in [1.165, 1.54) is 71.1 Å². The first-order valence-corrected chi connectivity index (χ1v) is 8.48. The fourth-order valence-corrected chi connectivity index (χ4v) is 2.90. The molecule has 2 nitrogen and oxygen atoms in total. The molecule has 0 spiro atoms. The van der Waals surface area contributed by atoms with Crippen molar-refractivity contribution in [2.45, 2.75) is 78.2 Å². The van der Waals surface area contributed by atoms with Crippen LogP contribution < -0.4 is 5.32 Å². The van der Waals surface area contributed by atoms with Crippen LogP contribution in [0, 0.1) is 5.92 Å². The lowest BCUT2D eigenvalue weighted by molar-refractivity contribution is 0.179.